The molecule has 1 N–H and O–H groups in total. The van der Waals surface area contributed by atoms with Gasteiger partial charge in [-0.1, -0.05) is 45.0 Å². The number of ether oxygens (including phenoxy) is 1. The zero-order valence-electron chi connectivity index (χ0n) is 12.8. The van der Waals surface area contributed by atoms with Gasteiger partial charge in [0.25, 0.3) is 0 Å². The molecule has 0 unspecified atom stereocenters. The van der Waals surface area contributed by atoms with E-state index in [2.05, 4.69) is 20.8 Å². The van der Waals surface area contributed by atoms with E-state index in [1.54, 1.807) is 24.3 Å². The Labute approximate surface area is 125 Å². The molecule has 0 bridgehead atoms. The Balaban J connectivity index is 2.36. The molecule has 0 amide bonds. The second-order valence-electron chi connectivity index (χ2n) is 6.04. The lowest BCUT2D eigenvalue weighted by Gasteiger charge is -2.19. The molecule has 110 valence electrons. The quantitative estimate of drug-likeness (QED) is 0.869. The second-order valence-corrected chi connectivity index (χ2v) is 6.04. The van der Waals surface area contributed by atoms with Crippen molar-refractivity contribution < 1.29 is 14.6 Å². The standard InChI is InChI=1S/C18H20O3/c1-18(2,3)13-7-5-12(6-8-13)17(20)15-11-14(21-4)9-10-16(15)19/h5-11,19H,1-4H3. The summed E-state index contributed by atoms with van der Waals surface area (Å²) in [5.74, 6) is 0.287. The minimum absolute atomic E-state index is 0.0410. The molecule has 3 nitrogen and oxygen atoms in total. The first-order valence-corrected chi connectivity index (χ1v) is 6.85. The van der Waals surface area contributed by atoms with Gasteiger partial charge in [0.1, 0.15) is 11.5 Å². The van der Waals surface area contributed by atoms with E-state index in [0.29, 0.717) is 11.3 Å². The van der Waals surface area contributed by atoms with Crippen molar-refractivity contribution in [2.45, 2.75) is 26.2 Å². The maximum absolute atomic E-state index is 12.5. The zero-order valence-corrected chi connectivity index (χ0v) is 12.8. The molecule has 0 aliphatic heterocycles. The van der Waals surface area contributed by atoms with Gasteiger partial charge >= 0.3 is 0 Å². The molecule has 21 heavy (non-hydrogen) atoms. The molecule has 3 heteroatoms. The van der Waals surface area contributed by atoms with Crippen LogP contribution in [-0.4, -0.2) is 18.0 Å². The van der Waals surface area contributed by atoms with Gasteiger partial charge < -0.3 is 9.84 Å². The van der Waals surface area contributed by atoms with Crippen LogP contribution in [0.2, 0.25) is 0 Å². The van der Waals surface area contributed by atoms with E-state index < -0.39 is 0 Å². The van der Waals surface area contributed by atoms with Gasteiger partial charge in [0.05, 0.1) is 12.7 Å². The fraction of sp³-hybridized carbons (Fsp3) is 0.278. The molecule has 0 aliphatic carbocycles. The summed E-state index contributed by atoms with van der Waals surface area (Å²) in [4.78, 5) is 12.5. The first-order valence-electron chi connectivity index (χ1n) is 6.85. The van der Waals surface area contributed by atoms with E-state index in [1.807, 2.05) is 12.1 Å². The number of ketones is 1. The first-order chi connectivity index (χ1) is 9.82. The van der Waals surface area contributed by atoms with Crippen LogP contribution in [0.15, 0.2) is 42.5 Å². The van der Waals surface area contributed by atoms with E-state index in [1.165, 1.54) is 13.2 Å². The molecule has 2 rings (SSSR count). The normalized spacial score (nSPS) is 11.2. The van der Waals surface area contributed by atoms with Crippen LogP contribution in [0.25, 0.3) is 0 Å². The maximum atomic E-state index is 12.5. The number of phenolic OH excluding ortho intramolecular Hbond substituents is 1. The third-order valence-corrected chi connectivity index (χ3v) is 3.46. The molecular formula is C18H20O3. The molecule has 0 radical (unpaired) electrons. The monoisotopic (exact) mass is 284 g/mol. The van der Waals surface area contributed by atoms with Crippen LogP contribution in [0.1, 0.15) is 42.3 Å². The summed E-state index contributed by atoms with van der Waals surface area (Å²) in [6.45, 7) is 6.37. The van der Waals surface area contributed by atoms with E-state index in [0.717, 1.165) is 5.56 Å². The molecule has 0 aliphatic rings. The number of rotatable bonds is 3. The number of methoxy groups -OCH3 is 1. The maximum Gasteiger partial charge on any atom is 0.196 e. The number of aromatic hydroxyl groups is 1. The van der Waals surface area contributed by atoms with Gasteiger partial charge in [-0.15, -0.1) is 0 Å². The van der Waals surface area contributed by atoms with E-state index >= 15 is 0 Å². The van der Waals surface area contributed by atoms with E-state index in [9.17, 15) is 9.90 Å². The van der Waals surface area contributed by atoms with Gasteiger partial charge in [-0.05, 0) is 29.2 Å². The number of hydrogen-bond donors (Lipinski definition) is 1. The molecule has 0 atom stereocenters. The molecule has 2 aromatic carbocycles. The largest absolute Gasteiger partial charge is 0.507 e. The Bertz CT molecular complexity index is 649. The highest BCUT2D eigenvalue weighted by Crippen LogP contribution is 2.27. The van der Waals surface area contributed by atoms with E-state index in [4.69, 9.17) is 4.74 Å². The smallest absolute Gasteiger partial charge is 0.196 e. The van der Waals surface area contributed by atoms with E-state index in [-0.39, 0.29) is 22.5 Å². The van der Waals surface area contributed by atoms with Crippen LogP contribution in [0.3, 0.4) is 0 Å². The Morgan fingerprint density at radius 3 is 2.19 bits per heavy atom. The van der Waals surface area contributed by atoms with Crippen molar-refractivity contribution in [2.24, 2.45) is 0 Å². The van der Waals surface area contributed by atoms with Crippen molar-refractivity contribution >= 4 is 5.78 Å². The summed E-state index contributed by atoms with van der Waals surface area (Å²) in [5.41, 5.74) is 2.00. The highest BCUT2D eigenvalue weighted by atomic mass is 16.5. The minimum atomic E-state index is -0.216. The van der Waals surface area contributed by atoms with Gasteiger partial charge in [-0.3, -0.25) is 4.79 Å². The zero-order chi connectivity index (χ0) is 15.6. The molecular weight excluding hydrogens is 264 g/mol. The van der Waals surface area contributed by atoms with Gasteiger partial charge in [-0.2, -0.15) is 0 Å². The second kappa shape index (κ2) is 5.60. The molecule has 0 heterocycles. The highest BCUT2D eigenvalue weighted by molar-refractivity contribution is 6.10. The molecule has 0 saturated heterocycles. The van der Waals surface area contributed by atoms with Crippen LogP contribution in [0.5, 0.6) is 11.5 Å². The van der Waals surface area contributed by atoms with Crippen molar-refractivity contribution in [2.75, 3.05) is 7.11 Å². The lowest BCUT2D eigenvalue weighted by molar-refractivity contribution is 0.103. The predicted molar refractivity (Wildman–Crippen MR) is 83.2 cm³/mol. The summed E-state index contributed by atoms with van der Waals surface area (Å²) in [6.07, 6.45) is 0. The lowest BCUT2D eigenvalue weighted by atomic mass is 9.86. The Kier molecular flexibility index (Phi) is 4.03. The molecule has 0 fully saturated rings. The van der Waals surface area contributed by atoms with Crippen molar-refractivity contribution in [3.8, 4) is 11.5 Å². The molecule has 2 aromatic rings. The molecule has 0 saturated carbocycles. The van der Waals surface area contributed by atoms with Crippen molar-refractivity contribution in [1.82, 2.24) is 0 Å². The van der Waals surface area contributed by atoms with Crippen LogP contribution < -0.4 is 4.74 Å². The van der Waals surface area contributed by atoms with Crippen LogP contribution in [0.4, 0.5) is 0 Å². The summed E-state index contributed by atoms with van der Waals surface area (Å²) >= 11 is 0. The molecule has 0 aromatic heterocycles. The van der Waals surface area contributed by atoms with Crippen molar-refractivity contribution in [3.05, 3.63) is 59.2 Å². The Hall–Kier alpha value is -2.29. The average Bonchev–Trinajstić information content (AvgIpc) is 2.46. The minimum Gasteiger partial charge on any atom is -0.507 e. The third kappa shape index (κ3) is 3.24. The van der Waals surface area contributed by atoms with Crippen LogP contribution >= 0.6 is 0 Å². The SMILES string of the molecule is COc1ccc(O)c(C(=O)c2ccc(C(C)(C)C)cc2)c1. The number of benzene rings is 2. The molecule has 0 spiro atoms. The number of phenols is 1. The topological polar surface area (TPSA) is 46.5 Å². The average molecular weight is 284 g/mol. The number of hydrogen-bond acceptors (Lipinski definition) is 3. The fourth-order valence-electron chi connectivity index (χ4n) is 2.10. The van der Waals surface area contributed by atoms with Gasteiger partial charge in [-0.25, -0.2) is 0 Å². The van der Waals surface area contributed by atoms with Gasteiger partial charge in [0.2, 0.25) is 0 Å². The van der Waals surface area contributed by atoms with Crippen LogP contribution in [0, 0.1) is 0 Å². The fourth-order valence-corrected chi connectivity index (χ4v) is 2.10. The number of carbonyl (C=O) groups is 1. The van der Waals surface area contributed by atoms with Crippen molar-refractivity contribution in [3.63, 3.8) is 0 Å². The van der Waals surface area contributed by atoms with Gasteiger partial charge in [0.15, 0.2) is 5.78 Å². The highest BCUT2D eigenvalue weighted by Gasteiger charge is 2.17. The summed E-state index contributed by atoms with van der Waals surface area (Å²) in [7, 11) is 1.53. The Morgan fingerprint density at radius 1 is 1.05 bits per heavy atom. The third-order valence-electron chi connectivity index (χ3n) is 3.46. The predicted octanol–water partition coefficient (Wildman–Crippen LogP) is 3.93. The van der Waals surface area contributed by atoms with Crippen molar-refractivity contribution in [1.29, 1.82) is 0 Å². The number of carbonyl (C=O) groups excluding carboxylic acids is 1. The lowest BCUT2D eigenvalue weighted by Crippen LogP contribution is -2.11. The summed E-state index contributed by atoms with van der Waals surface area (Å²) < 4.78 is 5.10. The summed E-state index contributed by atoms with van der Waals surface area (Å²) in [5, 5.41) is 9.87. The Morgan fingerprint density at radius 2 is 1.67 bits per heavy atom. The van der Waals surface area contributed by atoms with Crippen LogP contribution in [-0.2, 0) is 5.41 Å². The first kappa shape index (κ1) is 15.1. The van der Waals surface area contributed by atoms with Gasteiger partial charge in [0, 0.05) is 5.56 Å². The summed E-state index contributed by atoms with van der Waals surface area (Å²) in [6, 6.07) is 12.1.